The minimum absolute atomic E-state index is 0.591. The summed E-state index contributed by atoms with van der Waals surface area (Å²) in [5.41, 5.74) is 1.96. The Balaban J connectivity index is 2.59. The van der Waals surface area contributed by atoms with Crippen molar-refractivity contribution < 1.29 is 5.11 Å². The minimum Gasteiger partial charge on any atom is -0.383 e. The van der Waals surface area contributed by atoms with Crippen LogP contribution in [-0.4, -0.2) is 9.97 Å². The monoisotopic (exact) mass is 176 g/mol. The van der Waals surface area contributed by atoms with E-state index in [0.717, 1.165) is 11.1 Å². The van der Waals surface area contributed by atoms with Gasteiger partial charge in [0, 0.05) is 4.86 Å². The number of benzene rings is 1. The van der Waals surface area contributed by atoms with Crippen molar-refractivity contribution in [2.45, 2.75) is 6.10 Å². The van der Waals surface area contributed by atoms with Crippen molar-refractivity contribution in [3.63, 3.8) is 0 Å². The van der Waals surface area contributed by atoms with Gasteiger partial charge >= 0.3 is 0 Å². The lowest BCUT2D eigenvalue weighted by Crippen LogP contribution is -2.11. The van der Waals surface area contributed by atoms with Crippen LogP contribution in [0.1, 0.15) is 17.2 Å². The van der Waals surface area contributed by atoms with Gasteiger partial charge in [0.05, 0.1) is 0 Å². The molecule has 1 aromatic carbocycles. The van der Waals surface area contributed by atoms with E-state index in [1.54, 1.807) is 6.08 Å². The maximum atomic E-state index is 9.64. The molecular weight excluding hydrogens is 168 g/mol. The molecule has 0 unspecified atom stereocenters. The lowest BCUT2D eigenvalue weighted by Gasteiger charge is -2.16. The normalized spacial score (nSPS) is 20.8. The molecule has 1 aliphatic carbocycles. The lowest BCUT2D eigenvalue weighted by atomic mass is 9.95. The number of thiocarbonyl (C=S) groups is 1. The van der Waals surface area contributed by atoms with Crippen molar-refractivity contribution in [3.8, 4) is 0 Å². The number of hydrogen-bond acceptors (Lipinski definition) is 2. The Kier molecular flexibility index (Phi) is 1.79. The first kappa shape index (κ1) is 7.65. The van der Waals surface area contributed by atoms with Crippen molar-refractivity contribution in [2.24, 2.45) is 0 Å². The van der Waals surface area contributed by atoms with Crippen molar-refractivity contribution in [1.82, 2.24) is 0 Å². The van der Waals surface area contributed by atoms with Crippen molar-refractivity contribution in [2.75, 3.05) is 0 Å². The zero-order valence-electron chi connectivity index (χ0n) is 6.40. The predicted octanol–water partition coefficient (Wildman–Crippen LogP) is 2.12. The highest BCUT2D eigenvalue weighted by Gasteiger charge is 2.17. The SMILES string of the molecule is O[C@@H]1C(=S)C=Cc2ccccc21. The highest BCUT2D eigenvalue weighted by atomic mass is 32.1. The summed E-state index contributed by atoms with van der Waals surface area (Å²) in [6.07, 6.45) is 3.12. The topological polar surface area (TPSA) is 20.2 Å². The van der Waals surface area contributed by atoms with Gasteiger partial charge < -0.3 is 5.11 Å². The zero-order chi connectivity index (χ0) is 8.55. The van der Waals surface area contributed by atoms with Crippen LogP contribution in [0.3, 0.4) is 0 Å². The van der Waals surface area contributed by atoms with E-state index < -0.39 is 6.10 Å². The van der Waals surface area contributed by atoms with Gasteiger partial charge in [0.25, 0.3) is 0 Å². The third kappa shape index (κ3) is 1.09. The number of aliphatic hydroxyl groups is 1. The Labute approximate surface area is 76.3 Å². The second-order valence-corrected chi connectivity index (χ2v) is 3.24. The van der Waals surface area contributed by atoms with Gasteiger partial charge in [-0.2, -0.15) is 0 Å². The third-order valence-electron chi connectivity index (χ3n) is 1.99. The highest BCUT2D eigenvalue weighted by molar-refractivity contribution is 7.80. The van der Waals surface area contributed by atoms with E-state index in [2.05, 4.69) is 0 Å². The summed E-state index contributed by atoms with van der Waals surface area (Å²) in [5, 5.41) is 9.64. The molecule has 2 heteroatoms. The van der Waals surface area contributed by atoms with E-state index in [-0.39, 0.29) is 0 Å². The molecule has 0 fully saturated rings. The van der Waals surface area contributed by atoms with Gasteiger partial charge in [-0.15, -0.1) is 0 Å². The first-order chi connectivity index (χ1) is 5.79. The van der Waals surface area contributed by atoms with Crippen molar-refractivity contribution in [1.29, 1.82) is 0 Å². The summed E-state index contributed by atoms with van der Waals surface area (Å²) in [4.78, 5) is 0.591. The second kappa shape index (κ2) is 2.81. The standard InChI is InChI=1S/C10H8OS/c11-10-8-4-2-1-3-7(8)5-6-9(10)12/h1-6,10-11H/t10-/m0/s1. The van der Waals surface area contributed by atoms with Gasteiger partial charge in [-0.05, 0) is 17.2 Å². The van der Waals surface area contributed by atoms with Crippen molar-refractivity contribution in [3.05, 3.63) is 41.5 Å². The fourth-order valence-corrected chi connectivity index (χ4v) is 1.52. The Morgan fingerprint density at radius 3 is 2.75 bits per heavy atom. The Morgan fingerprint density at radius 1 is 1.17 bits per heavy atom. The average molecular weight is 176 g/mol. The third-order valence-corrected chi connectivity index (χ3v) is 2.35. The maximum Gasteiger partial charge on any atom is 0.115 e. The van der Waals surface area contributed by atoms with Crippen LogP contribution in [0.25, 0.3) is 6.08 Å². The summed E-state index contributed by atoms with van der Waals surface area (Å²) in [6.45, 7) is 0. The summed E-state index contributed by atoms with van der Waals surface area (Å²) < 4.78 is 0. The molecule has 1 N–H and O–H groups in total. The van der Waals surface area contributed by atoms with Gasteiger partial charge in [-0.1, -0.05) is 42.6 Å². The number of fused-ring (bicyclic) bond motifs is 1. The molecule has 0 amide bonds. The summed E-state index contributed by atoms with van der Waals surface area (Å²) in [6, 6.07) is 7.72. The van der Waals surface area contributed by atoms with Gasteiger partial charge in [0.1, 0.15) is 6.10 Å². The predicted molar refractivity (Wildman–Crippen MR) is 53.0 cm³/mol. The molecule has 2 rings (SSSR count). The molecule has 1 aromatic rings. The van der Waals surface area contributed by atoms with Crippen LogP contribution in [0.5, 0.6) is 0 Å². The summed E-state index contributed by atoms with van der Waals surface area (Å²) in [7, 11) is 0. The molecule has 60 valence electrons. The van der Waals surface area contributed by atoms with Crippen LogP contribution in [0.4, 0.5) is 0 Å². The van der Waals surface area contributed by atoms with E-state index in [1.807, 2.05) is 30.3 Å². The van der Waals surface area contributed by atoms with E-state index in [0.29, 0.717) is 4.86 Å². The Bertz CT molecular complexity index is 355. The molecule has 1 nitrogen and oxygen atoms in total. The molecule has 1 atom stereocenters. The average Bonchev–Trinajstić information content (AvgIpc) is 2.12. The van der Waals surface area contributed by atoms with Gasteiger partial charge in [-0.3, -0.25) is 0 Å². The molecule has 0 radical (unpaired) electrons. The fraction of sp³-hybridized carbons (Fsp3) is 0.100. The molecule has 12 heavy (non-hydrogen) atoms. The van der Waals surface area contributed by atoms with Crippen LogP contribution in [0.2, 0.25) is 0 Å². The lowest BCUT2D eigenvalue weighted by molar-refractivity contribution is 0.250. The molecular formula is C10H8OS. The van der Waals surface area contributed by atoms with E-state index in [9.17, 15) is 5.11 Å². The molecule has 1 aliphatic rings. The smallest absolute Gasteiger partial charge is 0.115 e. The summed E-state index contributed by atoms with van der Waals surface area (Å²) in [5.74, 6) is 0. The zero-order valence-corrected chi connectivity index (χ0v) is 7.21. The Morgan fingerprint density at radius 2 is 1.92 bits per heavy atom. The van der Waals surface area contributed by atoms with Crippen LogP contribution < -0.4 is 0 Å². The molecule has 0 saturated heterocycles. The number of rotatable bonds is 0. The Hall–Kier alpha value is -0.990. The van der Waals surface area contributed by atoms with Crippen LogP contribution in [0, 0.1) is 0 Å². The van der Waals surface area contributed by atoms with E-state index in [4.69, 9.17) is 12.2 Å². The largest absolute Gasteiger partial charge is 0.383 e. The van der Waals surface area contributed by atoms with Crippen LogP contribution in [0.15, 0.2) is 30.3 Å². The molecule has 0 heterocycles. The van der Waals surface area contributed by atoms with Crippen LogP contribution >= 0.6 is 12.2 Å². The van der Waals surface area contributed by atoms with Gasteiger partial charge in [0.15, 0.2) is 0 Å². The highest BCUT2D eigenvalue weighted by Crippen LogP contribution is 2.25. The quantitative estimate of drug-likeness (QED) is 0.611. The molecule has 0 aliphatic heterocycles. The van der Waals surface area contributed by atoms with Gasteiger partial charge in [-0.25, -0.2) is 0 Å². The number of aliphatic hydroxyl groups excluding tert-OH is 1. The van der Waals surface area contributed by atoms with Gasteiger partial charge in [0.2, 0.25) is 0 Å². The van der Waals surface area contributed by atoms with E-state index in [1.165, 1.54) is 0 Å². The molecule has 0 bridgehead atoms. The fourth-order valence-electron chi connectivity index (χ4n) is 1.33. The first-order valence-corrected chi connectivity index (χ1v) is 4.19. The minimum atomic E-state index is -0.596. The number of hydrogen-bond donors (Lipinski definition) is 1. The molecule has 0 saturated carbocycles. The van der Waals surface area contributed by atoms with Crippen molar-refractivity contribution >= 4 is 23.2 Å². The molecule has 0 aromatic heterocycles. The molecule has 0 spiro atoms. The summed E-state index contributed by atoms with van der Waals surface area (Å²) >= 11 is 4.97. The maximum absolute atomic E-state index is 9.64. The first-order valence-electron chi connectivity index (χ1n) is 3.78. The second-order valence-electron chi connectivity index (χ2n) is 2.77. The van der Waals surface area contributed by atoms with Crippen LogP contribution in [-0.2, 0) is 0 Å². The van der Waals surface area contributed by atoms with E-state index >= 15 is 0 Å².